The van der Waals surface area contributed by atoms with Gasteiger partial charge in [0.15, 0.2) is 0 Å². The normalized spacial score (nSPS) is 17.0. The average molecular weight is 480 g/mol. The van der Waals surface area contributed by atoms with Crippen LogP contribution in [0.25, 0.3) is 10.9 Å². The van der Waals surface area contributed by atoms with Gasteiger partial charge in [0.25, 0.3) is 5.91 Å². The van der Waals surface area contributed by atoms with Crippen LogP contribution in [0, 0.1) is 0 Å². The van der Waals surface area contributed by atoms with Crippen LogP contribution >= 0.6 is 0 Å². The summed E-state index contributed by atoms with van der Waals surface area (Å²) in [5, 5.41) is 3.69. The van der Waals surface area contributed by atoms with Crippen molar-refractivity contribution >= 4 is 32.5 Å². The molecule has 2 aromatic carbocycles. The Labute approximate surface area is 200 Å². The van der Waals surface area contributed by atoms with E-state index in [1.807, 2.05) is 37.3 Å². The van der Waals surface area contributed by atoms with Crippen LogP contribution in [0.3, 0.4) is 0 Å². The molecule has 1 amide bonds. The number of amides is 1. The van der Waals surface area contributed by atoms with E-state index >= 15 is 0 Å². The molecule has 2 aliphatic rings. The number of hydrogen-bond acceptors (Lipinski definition) is 5. The van der Waals surface area contributed by atoms with Gasteiger partial charge in [0, 0.05) is 35.8 Å². The highest BCUT2D eigenvalue weighted by Crippen LogP contribution is 2.40. The van der Waals surface area contributed by atoms with E-state index in [0.717, 1.165) is 48.7 Å². The number of sulfonamides is 1. The number of nitrogens with zero attached hydrogens (tertiary/aromatic N) is 2. The van der Waals surface area contributed by atoms with Crippen molar-refractivity contribution in [2.75, 3.05) is 25.0 Å². The minimum Gasteiger partial charge on any atom is -0.492 e. The van der Waals surface area contributed by atoms with Gasteiger partial charge in [-0.3, -0.25) is 9.78 Å². The van der Waals surface area contributed by atoms with Crippen molar-refractivity contribution in [1.82, 2.24) is 9.29 Å². The summed E-state index contributed by atoms with van der Waals surface area (Å²) in [6.07, 6.45) is 4.89. The average Bonchev–Trinajstić information content (AvgIpc) is 3.70. The molecule has 3 aromatic rings. The van der Waals surface area contributed by atoms with Crippen molar-refractivity contribution in [3.05, 3.63) is 59.8 Å². The Balaban J connectivity index is 1.49. The van der Waals surface area contributed by atoms with Crippen molar-refractivity contribution in [3.63, 3.8) is 0 Å². The molecule has 1 aromatic heterocycles. The van der Waals surface area contributed by atoms with E-state index in [1.165, 1.54) is 10.4 Å². The maximum absolute atomic E-state index is 13.4. The smallest absolute Gasteiger partial charge is 0.256 e. The lowest BCUT2D eigenvalue weighted by atomic mass is 10.1. The zero-order valence-electron chi connectivity index (χ0n) is 19.3. The summed E-state index contributed by atoms with van der Waals surface area (Å²) < 4.78 is 34.0. The van der Waals surface area contributed by atoms with Crippen LogP contribution in [0.2, 0.25) is 0 Å². The minimum atomic E-state index is -3.74. The van der Waals surface area contributed by atoms with E-state index in [-0.39, 0.29) is 10.8 Å². The van der Waals surface area contributed by atoms with E-state index < -0.39 is 10.0 Å². The first kappa shape index (κ1) is 22.8. The summed E-state index contributed by atoms with van der Waals surface area (Å²) in [6, 6.07) is 14.3. The molecule has 0 spiro atoms. The lowest BCUT2D eigenvalue weighted by Gasteiger charge is -2.27. The molecule has 1 N–H and O–H groups in total. The first-order valence-corrected chi connectivity index (χ1v) is 13.4. The van der Waals surface area contributed by atoms with E-state index in [0.29, 0.717) is 42.6 Å². The molecule has 178 valence electrons. The Morgan fingerprint density at radius 2 is 1.85 bits per heavy atom. The minimum absolute atomic E-state index is 0.0901. The van der Waals surface area contributed by atoms with Gasteiger partial charge in [-0.15, -0.1) is 0 Å². The molecule has 1 aliphatic heterocycles. The molecule has 8 heteroatoms. The fraction of sp³-hybridized carbons (Fsp3) is 0.385. The van der Waals surface area contributed by atoms with Crippen LogP contribution in [0.1, 0.15) is 61.0 Å². The molecule has 0 unspecified atom stereocenters. The maximum Gasteiger partial charge on any atom is 0.256 e. The summed E-state index contributed by atoms with van der Waals surface area (Å²) in [5.41, 5.74) is 2.68. The summed E-state index contributed by atoms with van der Waals surface area (Å²) in [4.78, 5) is 18.2. The van der Waals surface area contributed by atoms with Gasteiger partial charge in [-0.1, -0.05) is 24.6 Å². The summed E-state index contributed by atoms with van der Waals surface area (Å²) >= 11 is 0. The van der Waals surface area contributed by atoms with Crippen LogP contribution < -0.4 is 10.1 Å². The molecule has 1 saturated carbocycles. The fourth-order valence-corrected chi connectivity index (χ4v) is 6.15. The molecule has 34 heavy (non-hydrogen) atoms. The SMILES string of the molecule is CCOc1ccc(NC(=O)c2cc(C3CC3)nc3ccccc23)cc1S(=O)(=O)N1CCCCC1. The lowest BCUT2D eigenvalue weighted by molar-refractivity contribution is 0.102. The summed E-state index contributed by atoms with van der Waals surface area (Å²) in [7, 11) is -3.74. The fourth-order valence-electron chi connectivity index (χ4n) is 4.48. The van der Waals surface area contributed by atoms with Gasteiger partial charge in [-0.25, -0.2) is 8.42 Å². The highest BCUT2D eigenvalue weighted by Gasteiger charge is 2.30. The standard InChI is InChI=1S/C26H29N3O4S/c1-2-33-24-13-12-19(16-25(24)34(31,32)29-14-6-3-7-15-29)27-26(30)21-17-23(18-10-11-18)28-22-9-5-4-8-20(21)22/h4-5,8-9,12-13,16-18H,2-3,6-7,10-11,14-15H2,1H3,(H,27,30). The Bertz CT molecular complexity index is 1330. The number of anilines is 1. The van der Waals surface area contributed by atoms with E-state index in [1.54, 1.807) is 12.1 Å². The summed E-state index contributed by atoms with van der Waals surface area (Å²) in [5.74, 6) is 0.422. The topological polar surface area (TPSA) is 88.6 Å². The predicted octanol–water partition coefficient (Wildman–Crippen LogP) is 4.94. The molecule has 1 aliphatic carbocycles. The van der Waals surface area contributed by atoms with Gasteiger partial charge < -0.3 is 10.1 Å². The molecule has 0 radical (unpaired) electrons. The highest BCUT2D eigenvalue weighted by atomic mass is 32.2. The predicted molar refractivity (Wildman–Crippen MR) is 132 cm³/mol. The first-order valence-electron chi connectivity index (χ1n) is 12.0. The molecule has 2 fully saturated rings. The quantitative estimate of drug-likeness (QED) is 0.519. The number of carbonyl (C=O) groups is 1. The second-order valence-corrected chi connectivity index (χ2v) is 10.8. The number of rotatable bonds is 7. The number of fused-ring (bicyclic) bond motifs is 1. The maximum atomic E-state index is 13.4. The number of para-hydroxylation sites is 1. The number of carbonyl (C=O) groups excluding carboxylic acids is 1. The molecule has 5 rings (SSSR count). The second-order valence-electron chi connectivity index (χ2n) is 8.90. The van der Waals surface area contributed by atoms with Gasteiger partial charge in [0.2, 0.25) is 10.0 Å². The van der Waals surface area contributed by atoms with Crippen molar-refractivity contribution in [2.45, 2.75) is 49.8 Å². The van der Waals surface area contributed by atoms with Crippen LogP contribution in [-0.4, -0.2) is 43.3 Å². The Morgan fingerprint density at radius 1 is 1.09 bits per heavy atom. The number of pyridine rings is 1. The van der Waals surface area contributed by atoms with E-state index in [9.17, 15) is 13.2 Å². The number of ether oxygens (including phenoxy) is 1. The molecule has 0 bridgehead atoms. The molecular weight excluding hydrogens is 450 g/mol. The van der Waals surface area contributed by atoms with Crippen molar-refractivity contribution < 1.29 is 17.9 Å². The van der Waals surface area contributed by atoms with Crippen LogP contribution in [-0.2, 0) is 10.0 Å². The highest BCUT2D eigenvalue weighted by molar-refractivity contribution is 7.89. The van der Waals surface area contributed by atoms with E-state index in [4.69, 9.17) is 9.72 Å². The van der Waals surface area contributed by atoms with Crippen molar-refractivity contribution in [2.24, 2.45) is 0 Å². The largest absolute Gasteiger partial charge is 0.492 e. The van der Waals surface area contributed by atoms with Gasteiger partial charge in [0.1, 0.15) is 10.6 Å². The van der Waals surface area contributed by atoms with Crippen molar-refractivity contribution in [3.8, 4) is 5.75 Å². The number of benzene rings is 2. The van der Waals surface area contributed by atoms with E-state index in [2.05, 4.69) is 5.32 Å². The molecular formula is C26H29N3O4S. The van der Waals surface area contributed by atoms with Crippen LogP contribution in [0.15, 0.2) is 53.4 Å². The van der Waals surface area contributed by atoms with Gasteiger partial charge in [-0.2, -0.15) is 4.31 Å². The number of piperidine rings is 1. The van der Waals surface area contributed by atoms with Crippen LogP contribution in [0.4, 0.5) is 5.69 Å². The third-order valence-corrected chi connectivity index (χ3v) is 8.33. The first-order chi connectivity index (χ1) is 16.5. The van der Waals surface area contributed by atoms with Crippen molar-refractivity contribution in [1.29, 1.82) is 0 Å². The second kappa shape index (κ2) is 9.35. The molecule has 7 nitrogen and oxygen atoms in total. The molecule has 1 saturated heterocycles. The zero-order chi connectivity index (χ0) is 23.7. The summed E-state index contributed by atoms with van der Waals surface area (Å²) in [6.45, 7) is 3.16. The van der Waals surface area contributed by atoms with Gasteiger partial charge in [-0.05, 0) is 62.9 Å². The number of aromatic nitrogens is 1. The third-order valence-electron chi connectivity index (χ3n) is 6.41. The zero-order valence-corrected chi connectivity index (χ0v) is 20.1. The monoisotopic (exact) mass is 479 g/mol. The van der Waals surface area contributed by atoms with Gasteiger partial charge >= 0.3 is 0 Å². The Kier molecular flexibility index (Phi) is 6.27. The van der Waals surface area contributed by atoms with Crippen LogP contribution in [0.5, 0.6) is 5.75 Å². The third kappa shape index (κ3) is 4.52. The number of nitrogens with one attached hydrogen (secondary N) is 1. The van der Waals surface area contributed by atoms with Gasteiger partial charge in [0.05, 0.1) is 17.7 Å². The Hall–Kier alpha value is -2.97. The Morgan fingerprint density at radius 3 is 2.59 bits per heavy atom. The lowest BCUT2D eigenvalue weighted by Crippen LogP contribution is -2.35. The molecule has 0 atom stereocenters. The molecule has 2 heterocycles. The number of hydrogen-bond donors (Lipinski definition) is 1.